The number of carboxylic acids is 1. The Bertz CT molecular complexity index is 362. The van der Waals surface area contributed by atoms with Crippen LogP contribution in [-0.4, -0.2) is 28.6 Å². The third kappa shape index (κ3) is 2.93. The van der Waals surface area contributed by atoms with Gasteiger partial charge >= 0.3 is 5.97 Å². The average Bonchev–Trinajstić information content (AvgIpc) is 2.50. The molecule has 0 atom stereocenters. The van der Waals surface area contributed by atoms with Crippen LogP contribution in [0.15, 0.2) is 12.1 Å². The highest BCUT2D eigenvalue weighted by atomic mass is 35.5. The first kappa shape index (κ1) is 12.5. The Balaban J connectivity index is 2.71. The summed E-state index contributed by atoms with van der Waals surface area (Å²) in [7, 11) is 1.79. The van der Waals surface area contributed by atoms with Crippen molar-refractivity contribution >= 4 is 28.9 Å². The summed E-state index contributed by atoms with van der Waals surface area (Å²) >= 11 is 7.28. The Morgan fingerprint density at radius 1 is 1.60 bits per heavy atom. The lowest BCUT2D eigenvalue weighted by Crippen LogP contribution is -2.47. The van der Waals surface area contributed by atoms with Crippen LogP contribution in [0.25, 0.3) is 0 Å². The van der Waals surface area contributed by atoms with E-state index in [0.29, 0.717) is 6.54 Å². The van der Waals surface area contributed by atoms with Crippen molar-refractivity contribution in [1.82, 2.24) is 4.90 Å². The van der Waals surface area contributed by atoms with Gasteiger partial charge in [0.05, 0.1) is 4.34 Å². The zero-order valence-corrected chi connectivity index (χ0v) is 10.5. The van der Waals surface area contributed by atoms with Gasteiger partial charge in [0.2, 0.25) is 0 Å². The molecule has 1 N–H and O–H groups in total. The van der Waals surface area contributed by atoms with E-state index in [4.69, 9.17) is 16.7 Å². The fourth-order valence-electron chi connectivity index (χ4n) is 1.03. The number of hydrogen-bond acceptors (Lipinski definition) is 3. The summed E-state index contributed by atoms with van der Waals surface area (Å²) in [5, 5.41) is 9.03. The Morgan fingerprint density at radius 2 is 2.20 bits per heavy atom. The molecule has 0 saturated heterocycles. The number of nitrogens with zero attached hydrogens (tertiary/aromatic N) is 1. The van der Waals surface area contributed by atoms with E-state index in [0.717, 1.165) is 9.21 Å². The molecule has 84 valence electrons. The highest BCUT2D eigenvalue weighted by Gasteiger charge is 2.31. The van der Waals surface area contributed by atoms with Crippen LogP contribution in [0.4, 0.5) is 0 Å². The van der Waals surface area contributed by atoms with E-state index in [1.165, 1.54) is 11.3 Å². The van der Waals surface area contributed by atoms with Gasteiger partial charge in [-0.05, 0) is 33.0 Å². The van der Waals surface area contributed by atoms with Crippen molar-refractivity contribution < 1.29 is 9.90 Å². The lowest BCUT2D eigenvalue weighted by atomic mass is 10.0. The topological polar surface area (TPSA) is 40.5 Å². The molecular weight excluding hydrogens is 234 g/mol. The van der Waals surface area contributed by atoms with E-state index in [1.807, 2.05) is 12.1 Å². The summed E-state index contributed by atoms with van der Waals surface area (Å²) in [5.41, 5.74) is -0.865. The molecule has 0 aromatic carbocycles. The minimum Gasteiger partial charge on any atom is -0.480 e. The van der Waals surface area contributed by atoms with Crippen LogP contribution in [-0.2, 0) is 11.3 Å². The Morgan fingerprint density at radius 3 is 2.60 bits per heavy atom. The molecule has 0 amide bonds. The van der Waals surface area contributed by atoms with E-state index >= 15 is 0 Å². The largest absolute Gasteiger partial charge is 0.480 e. The zero-order valence-electron chi connectivity index (χ0n) is 8.95. The first-order chi connectivity index (χ1) is 6.84. The summed E-state index contributed by atoms with van der Waals surface area (Å²) < 4.78 is 0.728. The van der Waals surface area contributed by atoms with Crippen LogP contribution in [0.3, 0.4) is 0 Å². The van der Waals surface area contributed by atoms with Crippen LogP contribution in [0.1, 0.15) is 18.7 Å². The third-order valence-electron chi connectivity index (χ3n) is 2.50. The van der Waals surface area contributed by atoms with Crippen LogP contribution >= 0.6 is 22.9 Å². The third-order valence-corrected chi connectivity index (χ3v) is 3.72. The second kappa shape index (κ2) is 4.51. The highest BCUT2D eigenvalue weighted by molar-refractivity contribution is 7.16. The SMILES string of the molecule is CN(Cc1ccc(Cl)s1)C(C)(C)C(=O)O. The van der Waals surface area contributed by atoms with Gasteiger partial charge in [-0.1, -0.05) is 11.6 Å². The van der Waals surface area contributed by atoms with Crippen molar-refractivity contribution in [3.8, 4) is 0 Å². The van der Waals surface area contributed by atoms with Crippen LogP contribution < -0.4 is 0 Å². The molecule has 5 heteroatoms. The van der Waals surface area contributed by atoms with Crippen molar-refractivity contribution in [2.75, 3.05) is 7.05 Å². The molecular formula is C10H14ClNO2S. The van der Waals surface area contributed by atoms with Crippen molar-refractivity contribution in [3.63, 3.8) is 0 Å². The number of aliphatic carboxylic acids is 1. The van der Waals surface area contributed by atoms with Gasteiger partial charge in [-0.15, -0.1) is 11.3 Å². The van der Waals surface area contributed by atoms with E-state index in [9.17, 15) is 4.79 Å². The molecule has 1 aromatic rings. The zero-order chi connectivity index (χ0) is 11.6. The van der Waals surface area contributed by atoms with Crippen molar-refractivity contribution in [1.29, 1.82) is 0 Å². The van der Waals surface area contributed by atoms with Crippen LogP contribution in [0.2, 0.25) is 4.34 Å². The molecule has 0 bridgehead atoms. The Hall–Kier alpha value is -0.580. The number of carbonyl (C=O) groups is 1. The van der Waals surface area contributed by atoms with Crippen LogP contribution in [0.5, 0.6) is 0 Å². The molecule has 0 aliphatic rings. The first-order valence-electron chi connectivity index (χ1n) is 4.53. The summed E-state index contributed by atoms with van der Waals surface area (Å²) in [6.45, 7) is 3.96. The first-order valence-corrected chi connectivity index (χ1v) is 5.72. The fourth-order valence-corrected chi connectivity index (χ4v) is 2.17. The van der Waals surface area contributed by atoms with Gasteiger partial charge < -0.3 is 5.11 Å². The smallest absolute Gasteiger partial charge is 0.323 e. The average molecular weight is 248 g/mol. The molecule has 0 saturated carbocycles. The normalized spacial score (nSPS) is 12.1. The predicted octanol–water partition coefficient (Wildman–Crippen LogP) is 2.70. The quantitative estimate of drug-likeness (QED) is 0.890. The van der Waals surface area contributed by atoms with E-state index in [-0.39, 0.29) is 0 Å². The maximum atomic E-state index is 11.0. The molecule has 0 aliphatic carbocycles. The Kier molecular flexibility index (Phi) is 3.76. The summed E-state index contributed by atoms with van der Waals surface area (Å²) in [4.78, 5) is 13.8. The Labute approximate surface area is 98.3 Å². The molecule has 1 rings (SSSR count). The molecule has 0 fully saturated rings. The molecule has 3 nitrogen and oxygen atoms in total. The maximum Gasteiger partial charge on any atom is 0.323 e. The molecule has 0 unspecified atom stereocenters. The number of halogens is 1. The van der Waals surface area contributed by atoms with E-state index in [1.54, 1.807) is 25.8 Å². The highest BCUT2D eigenvalue weighted by Crippen LogP contribution is 2.24. The molecule has 1 aromatic heterocycles. The van der Waals surface area contributed by atoms with Gasteiger partial charge in [0.25, 0.3) is 0 Å². The molecule has 1 heterocycles. The summed E-state index contributed by atoms with van der Waals surface area (Å²) in [6.07, 6.45) is 0. The van der Waals surface area contributed by atoms with Crippen molar-refractivity contribution in [2.45, 2.75) is 25.9 Å². The maximum absolute atomic E-state index is 11.0. The van der Waals surface area contributed by atoms with E-state index < -0.39 is 11.5 Å². The minimum absolute atomic E-state index is 0.594. The molecule has 0 aliphatic heterocycles. The van der Waals surface area contributed by atoms with Crippen molar-refractivity contribution in [3.05, 3.63) is 21.3 Å². The van der Waals surface area contributed by atoms with Crippen LogP contribution in [0, 0.1) is 0 Å². The van der Waals surface area contributed by atoms with Gasteiger partial charge in [0.1, 0.15) is 5.54 Å². The van der Waals surface area contributed by atoms with Gasteiger partial charge in [0, 0.05) is 11.4 Å². The monoisotopic (exact) mass is 247 g/mol. The summed E-state index contributed by atoms with van der Waals surface area (Å²) in [6, 6.07) is 3.74. The lowest BCUT2D eigenvalue weighted by molar-refractivity contribution is -0.148. The lowest BCUT2D eigenvalue weighted by Gasteiger charge is -2.30. The second-order valence-corrected chi connectivity index (χ2v) is 5.73. The van der Waals surface area contributed by atoms with Crippen molar-refractivity contribution in [2.24, 2.45) is 0 Å². The number of thiophene rings is 1. The molecule has 0 radical (unpaired) electrons. The number of likely N-dealkylation sites (N-methyl/N-ethyl adjacent to an activating group) is 1. The number of carboxylic acid groups (broad SMARTS) is 1. The van der Waals surface area contributed by atoms with E-state index in [2.05, 4.69) is 0 Å². The fraction of sp³-hybridized carbons (Fsp3) is 0.500. The molecule has 15 heavy (non-hydrogen) atoms. The molecule has 0 spiro atoms. The summed E-state index contributed by atoms with van der Waals surface area (Å²) in [5.74, 6) is -0.826. The van der Waals surface area contributed by atoms with Gasteiger partial charge in [-0.2, -0.15) is 0 Å². The van der Waals surface area contributed by atoms with Gasteiger partial charge in [0.15, 0.2) is 0 Å². The number of rotatable bonds is 4. The van der Waals surface area contributed by atoms with Gasteiger partial charge in [-0.3, -0.25) is 9.69 Å². The minimum atomic E-state index is -0.865. The van der Waals surface area contributed by atoms with Gasteiger partial charge in [-0.25, -0.2) is 0 Å². The predicted molar refractivity (Wildman–Crippen MR) is 62.5 cm³/mol. The standard InChI is InChI=1S/C10H14ClNO2S/c1-10(2,9(13)14)12(3)6-7-4-5-8(11)15-7/h4-5H,6H2,1-3H3,(H,13,14). The number of hydrogen-bond donors (Lipinski definition) is 1. The second-order valence-electron chi connectivity index (χ2n) is 3.93.